The molecule has 0 saturated heterocycles. The number of carbonyl (C=O) groups is 1. The van der Waals surface area contributed by atoms with Gasteiger partial charge in [-0.1, -0.05) is 41.9 Å². The first kappa shape index (κ1) is 13.4. The van der Waals surface area contributed by atoms with Gasteiger partial charge in [0.05, 0.1) is 17.7 Å². The molecule has 4 heteroatoms. The molecule has 0 aliphatic heterocycles. The molecule has 98 valence electrons. The van der Waals surface area contributed by atoms with Gasteiger partial charge in [0.2, 0.25) is 0 Å². The van der Waals surface area contributed by atoms with Crippen LogP contribution in [0.2, 0.25) is 5.02 Å². The highest BCUT2D eigenvalue weighted by Gasteiger charge is 2.11. The molecule has 0 aliphatic carbocycles. The molecule has 19 heavy (non-hydrogen) atoms. The highest BCUT2D eigenvalue weighted by Crippen LogP contribution is 2.21. The molecule has 3 nitrogen and oxygen atoms in total. The van der Waals surface area contributed by atoms with Gasteiger partial charge in [0, 0.05) is 12.2 Å². The molecule has 0 unspecified atom stereocenters. The molecule has 0 aromatic heterocycles. The van der Waals surface area contributed by atoms with Crippen molar-refractivity contribution in [3.63, 3.8) is 0 Å². The molecule has 0 radical (unpaired) electrons. The fraction of sp³-hybridized carbons (Fsp3) is 0.133. The zero-order valence-electron chi connectivity index (χ0n) is 10.5. The number of nitrogens with one attached hydrogen (secondary N) is 1. The Morgan fingerprint density at radius 3 is 2.63 bits per heavy atom. The molecular weight excluding hydrogens is 262 g/mol. The maximum absolute atomic E-state index is 11.5. The van der Waals surface area contributed by atoms with E-state index >= 15 is 0 Å². The van der Waals surface area contributed by atoms with Crippen LogP contribution in [0.1, 0.15) is 15.9 Å². The van der Waals surface area contributed by atoms with Crippen molar-refractivity contribution in [1.29, 1.82) is 0 Å². The van der Waals surface area contributed by atoms with Crippen molar-refractivity contribution in [2.75, 3.05) is 12.4 Å². The van der Waals surface area contributed by atoms with Crippen LogP contribution in [0, 0.1) is 0 Å². The molecule has 0 spiro atoms. The summed E-state index contributed by atoms with van der Waals surface area (Å²) in [5, 5.41) is 3.63. The number of methoxy groups -OCH3 is 1. The number of rotatable bonds is 4. The summed E-state index contributed by atoms with van der Waals surface area (Å²) in [7, 11) is 1.34. The summed E-state index contributed by atoms with van der Waals surface area (Å²) in [4.78, 5) is 11.5. The highest BCUT2D eigenvalue weighted by atomic mass is 35.5. The van der Waals surface area contributed by atoms with E-state index in [-0.39, 0.29) is 0 Å². The monoisotopic (exact) mass is 275 g/mol. The second-order valence-corrected chi connectivity index (χ2v) is 4.43. The summed E-state index contributed by atoms with van der Waals surface area (Å²) in [5.74, 6) is -0.437. The first-order valence-corrected chi connectivity index (χ1v) is 6.24. The standard InChI is InChI=1S/C15H14ClNO2/c1-19-15(18)13-9-12(7-8-14(13)16)17-10-11-5-3-2-4-6-11/h2-9,17H,10H2,1H3. The average Bonchev–Trinajstić information content (AvgIpc) is 2.46. The Morgan fingerprint density at radius 1 is 1.21 bits per heavy atom. The van der Waals surface area contributed by atoms with E-state index < -0.39 is 5.97 Å². The number of anilines is 1. The topological polar surface area (TPSA) is 38.3 Å². The maximum Gasteiger partial charge on any atom is 0.339 e. The van der Waals surface area contributed by atoms with E-state index in [1.54, 1.807) is 12.1 Å². The smallest absolute Gasteiger partial charge is 0.339 e. The van der Waals surface area contributed by atoms with Gasteiger partial charge in [0.25, 0.3) is 0 Å². The van der Waals surface area contributed by atoms with Crippen LogP contribution < -0.4 is 5.32 Å². The predicted octanol–water partition coefficient (Wildman–Crippen LogP) is 3.74. The van der Waals surface area contributed by atoms with Crippen LogP contribution in [0.4, 0.5) is 5.69 Å². The van der Waals surface area contributed by atoms with Crippen LogP contribution in [0.5, 0.6) is 0 Å². The molecule has 0 amide bonds. The molecule has 0 heterocycles. The van der Waals surface area contributed by atoms with E-state index in [9.17, 15) is 4.79 Å². The van der Waals surface area contributed by atoms with Crippen LogP contribution in [-0.4, -0.2) is 13.1 Å². The van der Waals surface area contributed by atoms with Gasteiger partial charge in [0.1, 0.15) is 0 Å². The molecule has 2 aromatic carbocycles. The molecule has 0 fully saturated rings. The van der Waals surface area contributed by atoms with E-state index in [1.807, 2.05) is 36.4 Å². The van der Waals surface area contributed by atoms with Gasteiger partial charge in [-0.2, -0.15) is 0 Å². The molecular formula is C15H14ClNO2. The van der Waals surface area contributed by atoms with Gasteiger partial charge >= 0.3 is 5.97 Å². The number of benzene rings is 2. The summed E-state index contributed by atoms with van der Waals surface area (Å²) < 4.78 is 4.68. The third-order valence-electron chi connectivity index (χ3n) is 2.71. The number of esters is 1. The number of halogens is 1. The third-order valence-corrected chi connectivity index (χ3v) is 3.04. The third kappa shape index (κ3) is 3.48. The van der Waals surface area contributed by atoms with Crippen molar-refractivity contribution in [2.45, 2.75) is 6.54 Å². The van der Waals surface area contributed by atoms with E-state index in [0.29, 0.717) is 17.1 Å². The van der Waals surface area contributed by atoms with E-state index in [4.69, 9.17) is 11.6 Å². The van der Waals surface area contributed by atoms with Crippen LogP contribution in [0.3, 0.4) is 0 Å². The van der Waals surface area contributed by atoms with Gasteiger partial charge in [-0.3, -0.25) is 0 Å². The first-order chi connectivity index (χ1) is 9.20. The van der Waals surface area contributed by atoms with Crippen LogP contribution in [0.25, 0.3) is 0 Å². The highest BCUT2D eigenvalue weighted by molar-refractivity contribution is 6.33. The zero-order chi connectivity index (χ0) is 13.7. The second kappa shape index (κ2) is 6.25. The van der Waals surface area contributed by atoms with Crippen molar-refractivity contribution in [2.24, 2.45) is 0 Å². The van der Waals surface area contributed by atoms with Crippen molar-refractivity contribution < 1.29 is 9.53 Å². The Kier molecular flexibility index (Phi) is 4.42. The predicted molar refractivity (Wildman–Crippen MR) is 76.6 cm³/mol. The minimum absolute atomic E-state index is 0.363. The van der Waals surface area contributed by atoms with Crippen LogP contribution in [-0.2, 0) is 11.3 Å². The summed E-state index contributed by atoms with van der Waals surface area (Å²) in [5.41, 5.74) is 2.35. The molecule has 0 saturated carbocycles. The van der Waals surface area contributed by atoms with Crippen molar-refractivity contribution in [3.8, 4) is 0 Å². The Bertz CT molecular complexity index is 570. The largest absolute Gasteiger partial charge is 0.465 e. The summed E-state index contributed by atoms with van der Waals surface area (Å²) in [6.07, 6.45) is 0. The average molecular weight is 276 g/mol. The molecule has 2 rings (SSSR count). The Labute approximate surface area is 117 Å². The van der Waals surface area contributed by atoms with Crippen molar-refractivity contribution >= 4 is 23.3 Å². The molecule has 0 bridgehead atoms. The van der Waals surface area contributed by atoms with Crippen molar-refractivity contribution in [3.05, 3.63) is 64.7 Å². The van der Waals surface area contributed by atoms with E-state index in [2.05, 4.69) is 10.1 Å². The summed E-state index contributed by atoms with van der Waals surface area (Å²) >= 11 is 5.96. The lowest BCUT2D eigenvalue weighted by atomic mass is 10.2. The summed E-state index contributed by atoms with van der Waals surface area (Å²) in [6, 6.07) is 15.2. The lowest BCUT2D eigenvalue weighted by Crippen LogP contribution is -2.04. The normalized spacial score (nSPS) is 10.0. The Balaban J connectivity index is 2.11. The van der Waals surface area contributed by atoms with Gasteiger partial charge in [-0.05, 0) is 23.8 Å². The number of ether oxygens (including phenoxy) is 1. The number of hydrogen-bond donors (Lipinski definition) is 1. The number of carbonyl (C=O) groups excluding carboxylic acids is 1. The SMILES string of the molecule is COC(=O)c1cc(NCc2ccccc2)ccc1Cl. The van der Waals surface area contributed by atoms with Crippen LogP contribution >= 0.6 is 11.6 Å². The van der Waals surface area contributed by atoms with Gasteiger partial charge in [-0.15, -0.1) is 0 Å². The Morgan fingerprint density at radius 2 is 1.95 bits per heavy atom. The van der Waals surface area contributed by atoms with Crippen molar-refractivity contribution in [1.82, 2.24) is 0 Å². The van der Waals surface area contributed by atoms with Gasteiger partial charge in [0.15, 0.2) is 0 Å². The Hall–Kier alpha value is -2.00. The van der Waals surface area contributed by atoms with Crippen LogP contribution in [0.15, 0.2) is 48.5 Å². The molecule has 1 N–H and O–H groups in total. The minimum Gasteiger partial charge on any atom is -0.465 e. The van der Waals surface area contributed by atoms with E-state index in [0.717, 1.165) is 11.3 Å². The zero-order valence-corrected chi connectivity index (χ0v) is 11.3. The second-order valence-electron chi connectivity index (χ2n) is 4.03. The van der Waals surface area contributed by atoms with E-state index in [1.165, 1.54) is 7.11 Å². The van der Waals surface area contributed by atoms with Gasteiger partial charge in [-0.25, -0.2) is 4.79 Å². The lowest BCUT2D eigenvalue weighted by Gasteiger charge is -2.09. The van der Waals surface area contributed by atoms with Gasteiger partial charge < -0.3 is 10.1 Å². The fourth-order valence-electron chi connectivity index (χ4n) is 1.70. The first-order valence-electron chi connectivity index (χ1n) is 5.86. The quantitative estimate of drug-likeness (QED) is 0.864. The maximum atomic E-state index is 11.5. The molecule has 2 aromatic rings. The lowest BCUT2D eigenvalue weighted by molar-refractivity contribution is 0.0601. The fourth-order valence-corrected chi connectivity index (χ4v) is 1.90. The number of hydrogen-bond acceptors (Lipinski definition) is 3. The molecule has 0 aliphatic rings. The summed E-state index contributed by atoms with van der Waals surface area (Å²) in [6.45, 7) is 0.684. The molecule has 0 atom stereocenters. The minimum atomic E-state index is -0.437.